The number of hydrogen-bond donors (Lipinski definition) is 0. The van der Waals surface area contributed by atoms with Crippen molar-refractivity contribution in [3.8, 4) is 6.07 Å². The van der Waals surface area contributed by atoms with Gasteiger partial charge in [-0.2, -0.15) is 10.3 Å². The predicted octanol–water partition coefficient (Wildman–Crippen LogP) is 4.21. The highest BCUT2D eigenvalue weighted by atomic mass is 16.7. The van der Waals surface area contributed by atoms with E-state index in [4.69, 9.17) is 4.84 Å². The summed E-state index contributed by atoms with van der Waals surface area (Å²) in [7, 11) is 0. The fourth-order valence-electron chi connectivity index (χ4n) is 4.29. The largest absolute Gasteiger partial charge is 0.294 e. The molecule has 2 saturated heterocycles. The van der Waals surface area contributed by atoms with E-state index in [2.05, 4.69) is 35.4 Å². The second-order valence-electron chi connectivity index (χ2n) is 6.97. The smallest absolute Gasteiger partial charge is 0.0936 e. The predicted molar refractivity (Wildman–Crippen MR) is 92.8 cm³/mol. The Kier molecular flexibility index (Phi) is 4.10. The van der Waals surface area contributed by atoms with Crippen molar-refractivity contribution < 1.29 is 4.84 Å². The SMILES string of the molecule is N#CC1(c2ccccc2)CC2CCC(C1)N2OCc1ccccc1. The highest BCUT2D eigenvalue weighted by molar-refractivity contribution is 5.34. The molecule has 3 heteroatoms. The number of hydroxylamine groups is 2. The van der Waals surface area contributed by atoms with E-state index in [1.54, 1.807) is 0 Å². The Balaban J connectivity index is 1.50. The fourth-order valence-corrected chi connectivity index (χ4v) is 4.29. The van der Waals surface area contributed by atoms with Gasteiger partial charge in [0.25, 0.3) is 0 Å². The molecule has 2 bridgehead atoms. The first-order chi connectivity index (χ1) is 11.8. The molecule has 0 amide bonds. The molecule has 2 fully saturated rings. The van der Waals surface area contributed by atoms with Crippen LogP contribution in [0.5, 0.6) is 0 Å². The summed E-state index contributed by atoms with van der Waals surface area (Å²) in [5.41, 5.74) is 1.99. The van der Waals surface area contributed by atoms with Crippen LogP contribution in [0.15, 0.2) is 60.7 Å². The van der Waals surface area contributed by atoms with E-state index >= 15 is 0 Å². The van der Waals surface area contributed by atoms with Gasteiger partial charge >= 0.3 is 0 Å². The monoisotopic (exact) mass is 318 g/mol. The Bertz CT molecular complexity index is 709. The van der Waals surface area contributed by atoms with E-state index in [9.17, 15) is 5.26 Å². The third-order valence-electron chi connectivity index (χ3n) is 5.48. The first kappa shape index (κ1) is 15.4. The van der Waals surface area contributed by atoms with Crippen LogP contribution in [0.25, 0.3) is 0 Å². The molecule has 2 aliphatic heterocycles. The minimum absolute atomic E-state index is 0.340. The molecule has 0 radical (unpaired) electrons. The molecule has 0 aromatic heterocycles. The number of nitrogens with zero attached hydrogens (tertiary/aromatic N) is 2. The molecule has 2 aromatic rings. The summed E-state index contributed by atoms with van der Waals surface area (Å²) in [6.45, 7) is 0.610. The standard InChI is InChI=1S/C21H22N2O/c22-16-21(18-9-5-2-6-10-18)13-19-11-12-20(14-21)23(19)24-15-17-7-3-1-4-8-17/h1-10,19-20H,11-15H2. The summed E-state index contributed by atoms with van der Waals surface area (Å²) in [6, 6.07) is 23.9. The molecule has 3 nitrogen and oxygen atoms in total. The van der Waals surface area contributed by atoms with Crippen molar-refractivity contribution in [3.63, 3.8) is 0 Å². The van der Waals surface area contributed by atoms with E-state index in [-0.39, 0.29) is 5.41 Å². The number of hydrogen-bond acceptors (Lipinski definition) is 3. The van der Waals surface area contributed by atoms with Crippen LogP contribution in [0.4, 0.5) is 0 Å². The topological polar surface area (TPSA) is 36.3 Å². The molecular formula is C21H22N2O. The molecule has 4 rings (SSSR count). The summed E-state index contributed by atoms with van der Waals surface area (Å²) in [6.07, 6.45) is 3.96. The lowest BCUT2D eigenvalue weighted by Crippen LogP contribution is -2.48. The van der Waals surface area contributed by atoms with Crippen molar-refractivity contribution in [2.45, 2.75) is 49.8 Å². The van der Waals surface area contributed by atoms with Gasteiger partial charge in [-0.1, -0.05) is 60.7 Å². The Morgan fingerprint density at radius 1 is 0.958 bits per heavy atom. The third kappa shape index (κ3) is 2.73. The van der Waals surface area contributed by atoms with Crippen LogP contribution in [0.2, 0.25) is 0 Å². The number of benzene rings is 2. The highest BCUT2D eigenvalue weighted by Crippen LogP contribution is 2.47. The molecule has 2 atom stereocenters. The van der Waals surface area contributed by atoms with Crippen LogP contribution in [-0.4, -0.2) is 17.1 Å². The van der Waals surface area contributed by atoms with Gasteiger partial charge in [0, 0.05) is 12.1 Å². The van der Waals surface area contributed by atoms with Gasteiger partial charge in [-0.3, -0.25) is 4.84 Å². The molecular weight excluding hydrogens is 296 g/mol. The molecule has 24 heavy (non-hydrogen) atoms. The van der Waals surface area contributed by atoms with Crippen molar-refractivity contribution in [2.75, 3.05) is 0 Å². The maximum absolute atomic E-state index is 9.94. The summed E-state index contributed by atoms with van der Waals surface area (Å²) in [4.78, 5) is 6.15. The van der Waals surface area contributed by atoms with Crippen LogP contribution in [0, 0.1) is 11.3 Å². The summed E-state index contributed by atoms with van der Waals surface area (Å²) < 4.78 is 0. The molecule has 0 spiro atoms. The van der Waals surface area contributed by atoms with Crippen LogP contribution < -0.4 is 0 Å². The van der Waals surface area contributed by atoms with Crippen molar-refractivity contribution in [3.05, 3.63) is 71.8 Å². The van der Waals surface area contributed by atoms with Crippen LogP contribution in [0.1, 0.15) is 36.8 Å². The number of fused-ring (bicyclic) bond motifs is 2. The lowest BCUT2D eigenvalue weighted by molar-refractivity contribution is -0.219. The second kappa shape index (κ2) is 6.39. The van der Waals surface area contributed by atoms with Crippen LogP contribution >= 0.6 is 0 Å². The number of piperidine rings is 1. The minimum Gasteiger partial charge on any atom is -0.294 e. The molecule has 2 heterocycles. The second-order valence-corrected chi connectivity index (χ2v) is 6.97. The lowest BCUT2D eigenvalue weighted by Gasteiger charge is -2.42. The maximum atomic E-state index is 9.94. The molecule has 0 N–H and O–H groups in total. The summed E-state index contributed by atoms with van der Waals surface area (Å²) in [5.74, 6) is 0. The van der Waals surface area contributed by atoms with Gasteiger partial charge in [-0.05, 0) is 36.8 Å². The summed E-state index contributed by atoms with van der Waals surface area (Å²) >= 11 is 0. The average Bonchev–Trinajstić information content (AvgIpc) is 2.90. The van der Waals surface area contributed by atoms with Gasteiger partial charge in [0.15, 0.2) is 0 Å². The van der Waals surface area contributed by atoms with Crippen molar-refractivity contribution in [1.29, 1.82) is 5.26 Å². The fraction of sp³-hybridized carbons (Fsp3) is 0.381. The van der Waals surface area contributed by atoms with Crippen molar-refractivity contribution in [1.82, 2.24) is 5.06 Å². The third-order valence-corrected chi connectivity index (χ3v) is 5.48. The zero-order valence-corrected chi connectivity index (χ0v) is 13.8. The van der Waals surface area contributed by atoms with Gasteiger partial charge < -0.3 is 0 Å². The van der Waals surface area contributed by atoms with Gasteiger partial charge in [0.05, 0.1) is 18.1 Å². The van der Waals surface area contributed by atoms with Crippen LogP contribution in [-0.2, 0) is 16.9 Å². The molecule has 0 aliphatic carbocycles. The average molecular weight is 318 g/mol. The highest BCUT2D eigenvalue weighted by Gasteiger charge is 2.50. The molecule has 122 valence electrons. The lowest BCUT2D eigenvalue weighted by atomic mass is 9.71. The van der Waals surface area contributed by atoms with E-state index < -0.39 is 0 Å². The van der Waals surface area contributed by atoms with Gasteiger partial charge in [0.2, 0.25) is 0 Å². The zero-order valence-electron chi connectivity index (χ0n) is 13.8. The van der Waals surface area contributed by atoms with Gasteiger partial charge in [-0.25, -0.2) is 0 Å². The van der Waals surface area contributed by atoms with E-state index in [1.807, 2.05) is 36.4 Å². The van der Waals surface area contributed by atoms with Crippen molar-refractivity contribution >= 4 is 0 Å². The van der Waals surface area contributed by atoms with Crippen molar-refractivity contribution in [2.24, 2.45) is 0 Å². The Labute approximate surface area is 143 Å². The number of rotatable bonds is 4. The first-order valence-electron chi connectivity index (χ1n) is 8.73. The van der Waals surface area contributed by atoms with Gasteiger partial charge in [0.1, 0.15) is 0 Å². The first-order valence-corrected chi connectivity index (χ1v) is 8.73. The molecule has 2 aliphatic rings. The zero-order chi connectivity index (χ0) is 16.4. The minimum atomic E-state index is -0.361. The molecule has 2 aromatic carbocycles. The van der Waals surface area contributed by atoms with E-state index in [1.165, 1.54) is 5.56 Å². The maximum Gasteiger partial charge on any atom is 0.0936 e. The molecule has 0 saturated carbocycles. The van der Waals surface area contributed by atoms with E-state index in [0.29, 0.717) is 18.7 Å². The normalized spacial score (nSPS) is 29.3. The Hall–Kier alpha value is -2.15. The van der Waals surface area contributed by atoms with Gasteiger partial charge in [-0.15, -0.1) is 0 Å². The molecule has 2 unspecified atom stereocenters. The number of nitriles is 1. The quantitative estimate of drug-likeness (QED) is 0.847. The van der Waals surface area contributed by atoms with E-state index in [0.717, 1.165) is 31.2 Å². The van der Waals surface area contributed by atoms with Crippen LogP contribution in [0.3, 0.4) is 0 Å². The Morgan fingerprint density at radius 3 is 2.12 bits per heavy atom. The summed E-state index contributed by atoms with van der Waals surface area (Å²) in [5, 5.41) is 12.1. The Morgan fingerprint density at radius 2 is 1.54 bits per heavy atom.